The lowest BCUT2D eigenvalue weighted by molar-refractivity contribution is 0.622. The van der Waals surface area contributed by atoms with Crippen molar-refractivity contribution < 1.29 is 4.39 Å². The van der Waals surface area contributed by atoms with E-state index >= 15 is 0 Å². The number of hydrogen-bond acceptors (Lipinski definition) is 3. The molecule has 0 aromatic carbocycles. The van der Waals surface area contributed by atoms with Crippen LogP contribution in [-0.4, -0.2) is 19.4 Å². The van der Waals surface area contributed by atoms with E-state index in [1.807, 2.05) is 31.2 Å². The zero-order valence-corrected chi connectivity index (χ0v) is 13.3. The maximum atomic E-state index is 13.9. The smallest absolute Gasteiger partial charge is 0.254 e. The molecule has 5 nitrogen and oxygen atoms in total. The van der Waals surface area contributed by atoms with Crippen LogP contribution in [-0.2, 0) is 0 Å². The highest BCUT2D eigenvalue weighted by atomic mass is 19.1. The van der Waals surface area contributed by atoms with Gasteiger partial charge < -0.3 is 4.85 Å². The number of hydrogen-bond donors (Lipinski definition) is 0. The number of imidazole rings is 1. The summed E-state index contributed by atoms with van der Waals surface area (Å²) in [6, 6.07) is 10.7. The van der Waals surface area contributed by atoms with Gasteiger partial charge in [0.1, 0.15) is 5.82 Å². The molecule has 0 saturated carbocycles. The van der Waals surface area contributed by atoms with Crippen LogP contribution in [0.1, 0.15) is 5.69 Å². The second kappa shape index (κ2) is 5.80. The normalized spacial score (nSPS) is 10.8. The first-order valence-corrected chi connectivity index (χ1v) is 7.60. The molecule has 6 heteroatoms. The Balaban J connectivity index is 1.96. The van der Waals surface area contributed by atoms with E-state index in [-0.39, 0.29) is 0 Å². The Morgan fingerprint density at radius 1 is 1.12 bits per heavy atom. The van der Waals surface area contributed by atoms with Crippen LogP contribution in [0.3, 0.4) is 0 Å². The fraction of sp³-hybridized carbons (Fsp3) is 0.0526. The molecule has 0 aliphatic rings. The lowest BCUT2D eigenvalue weighted by Crippen LogP contribution is -1.95. The van der Waals surface area contributed by atoms with Gasteiger partial charge in [-0.1, -0.05) is 12.6 Å². The average molecular weight is 329 g/mol. The Bertz CT molecular complexity index is 1140. The van der Waals surface area contributed by atoms with Gasteiger partial charge in [0.15, 0.2) is 0 Å². The summed E-state index contributed by atoms with van der Waals surface area (Å²) in [6.45, 7) is 9.13. The molecule has 4 aromatic heterocycles. The number of aromatic nitrogens is 4. The molecular formula is C19H12FN5. The standard InChI is InChI=1S/C19H12FN5/c1-12-4-3-5-16(24-12)19-15(8-14(20)9-23-19)13-6-7-17-22-10-18(21-2)25(17)11-13/h3-11H,1H3. The molecule has 4 aromatic rings. The second-order valence-corrected chi connectivity index (χ2v) is 5.59. The zero-order chi connectivity index (χ0) is 17.4. The number of aryl methyl sites for hydroxylation is 1. The maximum absolute atomic E-state index is 13.9. The zero-order valence-electron chi connectivity index (χ0n) is 13.3. The molecule has 0 aliphatic carbocycles. The van der Waals surface area contributed by atoms with E-state index in [1.165, 1.54) is 18.5 Å². The fourth-order valence-corrected chi connectivity index (χ4v) is 2.75. The predicted molar refractivity (Wildman–Crippen MR) is 92.6 cm³/mol. The van der Waals surface area contributed by atoms with E-state index in [0.717, 1.165) is 11.3 Å². The molecule has 0 aliphatic heterocycles. The molecule has 25 heavy (non-hydrogen) atoms. The van der Waals surface area contributed by atoms with Gasteiger partial charge in [-0.15, -0.1) is 0 Å². The van der Waals surface area contributed by atoms with Gasteiger partial charge in [-0.2, -0.15) is 0 Å². The van der Waals surface area contributed by atoms with Crippen LogP contribution in [0, 0.1) is 19.3 Å². The molecule has 0 bridgehead atoms. The van der Waals surface area contributed by atoms with Gasteiger partial charge in [0, 0.05) is 22.9 Å². The Hall–Kier alpha value is -3.59. The lowest BCUT2D eigenvalue weighted by atomic mass is 10.0. The topological polar surface area (TPSA) is 47.4 Å². The summed E-state index contributed by atoms with van der Waals surface area (Å²) < 4.78 is 15.6. The molecule has 0 atom stereocenters. The van der Waals surface area contributed by atoms with Crippen molar-refractivity contribution in [1.82, 2.24) is 19.4 Å². The van der Waals surface area contributed by atoms with E-state index in [1.54, 1.807) is 16.7 Å². The van der Waals surface area contributed by atoms with Crippen LogP contribution in [0.25, 0.3) is 33.0 Å². The molecule has 4 heterocycles. The monoisotopic (exact) mass is 329 g/mol. The second-order valence-electron chi connectivity index (χ2n) is 5.59. The highest BCUT2D eigenvalue weighted by molar-refractivity contribution is 5.79. The van der Waals surface area contributed by atoms with Crippen LogP contribution >= 0.6 is 0 Å². The number of pyridine rings is 3. The maximum Gasteiger partial charge on any atom is 0.254 e. The first kappa shape index (κ1) is 15.0. The van der Waals surface area contributed by atoms with Gasteiger partial charge in [-0.3, -0.25) is 9.97 Å². The van der Waals surface area contributed by atoms with E-state index in [2.05, 4.69) is 19.8 Å². The molecule has 120 valence electrons. The summed E-state index contributed by atoms with van der Waals surface area (Å²) in [4.78, 5) is 16.4. The molecule has 0 N–H and O–H groups in total. The van der Waals surface area contributed by atoms with E-state index in [0.29, 0.717) is 28.4 Å². The molecule has 0 radical (unpaired) electrons. The van der Waals surface area contributed by atoms with Crippen LogP contribution in [0.2, 0.25) is 0 Å². The minimum Gasteiger partial charge on any atom is -0.362 e. The van der Waals surface area contributed by atoms with Crippen molar-refractivity contribution in [3.05, 3.63) is 77.9 Å². The van der Waals surface area contributed by atoms with Gasteiger partial charge in [0.05, 0.1) is 30.0 Å². The van der Waals surface area contributed by atoms with Crippen LogP contribution in [0.5, 0.6) is 0 Å². The summed E-state index contributed by atoms with van der Waals surface area (Å²) in [5.74, 6) is -0.0287. The molecule has 0 unspecified atom stereocenters. The molecule has 0 spiro atoms. The fourth-order valence-electron chi connectivity index (χ4n) is 2.75. The molecule has 4 rings (SSSR count). The van der Waals surface area contributed by atoms with Gasteiger partial charge in [0.2, 0.25) is 5.65 Å². The Morgan fingerprint density at radius 2 is 2.00 bits per heavy atom. The first-order chi connectivity index (χ1) is 12.2. The minimum absolute atomic E-state index is 0.399. The van der Waals surface area contributed by atoms with Crippen molar-refractivity contribution in [2.45, 2.75) is 6.92 Å². The summed E-state index contributed by atoms with van der Waals surface area (Å²) in [6.07, 6.45) is 4.47. The van der Waals surface area contributed by atoms with Crippen molar-refractivity contribution in [1.29, 1.82) is 0 Å². The van der Waals surface area contributed by atoms with Crippen molar-refractivity contribution in [2.75, 3.05) is 0 Å². The third-order valence-corrected chi connectivity index (χ3v) is 3.90. The van der Waals surface area contributed by atoms with Crippen LogP contribution in [0.15, 0.2) is 55.0 Å². The van der Waals surface area contributed by atoms with Gasteiger partial charge in [-0.05, 0) is 31.2 Å². The van der Waals surface area contributed by atoms with Crippen molar-refractivity contribution >= 4 is 11.5 Å². The quantitative estimate of drug-likeness (QED) is 0.510. The Labute approximate surface area is 143 Å². The highest BCUT2D eigenvalue weighted by Gasteiger charge is 2.14. The number of nitrogens with zero attached hydrogens (tertiary/aromatic N) is 5. The van der Waals surface area contributed by atoms with E-state index in [9.17, 15) is 4.39 Å². The number of fused-ring (bicyclic) bond motifs is 1. The largest absolute Gasteiger partial charge is 0.362 e. The Morgan fingerprint density at radius 3 is 2.80 bits per heavy atom. The molecular weight excluding hydrogens is 317 g/mol. The van der Waals surface area contributed by atoms with Crippen LogP contribution < -0.4 is 0 Å². The van der Waals surface area contributed by atoms with E-state index in [4.69, 9.17) is 6.57 Å². The molecule has 0 amide bonds. The van der Waals surface area contributed by atoms with Crippen molar-refractivity contribution in [3.63, 3.8) is 0 Å². The van der Waals surface area contributed by atoms with Crippen LogP contribution in [0.4, 0.5) is 10.2 Å². The molecule has 0 fully saturated rings. The highest BCUT2D eigenvalue weighted by Crippen LogP contribution is 2.31. The minimum atomic E-state index is -0.428. The van der Waals surface area contributed by atoms with Gasteiger partial charge in [0.25, 0.3) is 5.82 Å². The van der Waals surface area contributed by atoms with Crippen molar-refractivity contribution in [2.24, 2.45) is 0 Å². The lowest BCUT2D eigenvalue weighted by Gasteiger charge is -2.09. The average Bonchev–Trinajstić information content (AvgIpc) is 3.04. The van der Waals surface area contributed by atoms with E-state index < -0.39 is 5.82 Å². The summed E-state index contributed by atoms with van der Waals surface area (Å²) in [5, 5.41) is 0. The number of rotatable bonds is 2. The summed E-state index contributed by atoms with van der Waals surface area (Å²) >= 11 is 0. The third kappa shape index (κ3) is 2.62. The summed E-state index contributed by atoms with van der Waals surface area (Å²) in [7, 11) is 0. The van der Waals surface area contributed by atoms with Crippen molar-refractivity contribution in [3.8, 4) is 22.5 Å². The summed E-state index contributed by atoms with van der Waals surface area (Å²) in [5.41, 5.74) is 4.13. The predicted octanol–water partition coefficient (Wildman–Crippen LogP) is 4.46. The molecule has 0 saturated heterocycles. The SMILES string of the molecule is [C-]#[N+]c1cnc2ccc(-c3cc(F)cnc3-c3cccc(C)n3)cn12. The van der Waals surface area contributed by atoms with Gasteiger partial charge in [-0.25, -0.2) is 13.8 Å². The number of halogens is 1. The Kier molecular flexibility index (Phi) is 3.47. The van der Waals surface area contributed by atoms with Gasteiger partial charge >= 0.3 is 0 Å². The first-order valence-electron chi connectivity index (χ1n) is 7.60. The third-order valence-electron chi connectivity index (χ3n) is 3.90.